The van der Waals surface area contributed by atoms with Gasteiger partial charge in [-0.15, -0.1) is 0 Å². The Morgan fingerprint density at radius 1 is 1.20 bits per heavy atom. The minimum absolute atomic E-state index is 0.198. The fraction of sp³-hybridized carbons (Fsp3) is 0.444. The molecule has 0 heterocycles. The lowest BCUT2D eigenvalue weighted by Crippen LogP contribution is -2.40. The van der Waals surface area contributed by atoms with Crippen LogP contribution < -0.4 is 0 Å². The van der Waals surface area contributed by atoms with Crippen LogP contribution in [0, 0.1) is 0 Å². The number of hydrogen-bond donors (Lipinski definition) is 1. The smallest absolute Gasteiger partial charge is 0.0712 e. The van der Waals surface area contributed by atoms with Gasteiger partial charge < -0.3 is 9.84 Å². The van der Waals surface area contributed by atoms with Gasteiger partial charge in [-0.05, 0) is 35.6 Å². The summed E-state index contributed by atoms with van der Waals surface area (Å²) in [4.78, 5) is 0. The van der Waals surface area contributed by atoms with E-state index in [9.17, 15) is 5.11 Å². The fourth-order valence-corrected chi connectivity index (χ4v) is 3.45. The van der Waals surface area contributed by atoms with E-state index >= 15 is 0 Å². The number of rotatable bonds is 3. The molecule has 0 saturated heterocycles. The summed E-state index contributed by atoms with van der Waals surface area (Å²) >= 11 is 0. The normalized spacial score (nSPS) is 26.8. The second-order valence-corrected chi connectivity index (χ2v) is 5.99. The summed E-state index contributed by atoms with van der Waals surface area (Å²) in [5, 5.41) is 13.4. The molecule has 3 rings (SSSR count). The van der Waals surface area contributed by atoms with Gasteiger partial charge in [-0.1, -0.05) is 42.5 Å². The molecule has 1 fully saturated rings. The van der Waals surface area contributed by atoms with Crippen molar-refractivity contribution < 1.29 is 9.84 Å². The maximum absolute atomic E-state index is 10.9. The molecule has 0 amide bonds. The number of methoxy groups -OCH3 is 1. The van der Waals surface area contributed by atoms with Crippen molar-refractivity contribution in [1.29, 1.82) is 0 Å². The Labute approximate surface area is 120 Å². The molecule has 2 heteroatoms. The Bertz CT molecular complexity index is 587. The van der Waals surface area contributed by atoms with Gasteiger partial charge in [0.1, 0.15) is 0 Å². The lowest BCUT2D eigenvalue weighted by Gasteiger charge is -2.36. The van der Waals surface area contributed by atoms with E-state index < -0.39 is 5.60 Å². The minimum atomic E-state index is -0.622. The molecule has 20 heavy (non-hydrogen) atoms. The lowest BCUT2D eigenvalue weighted by molar-refractivity contribution is -0.0579. The largest absolute Gasteiger partial charge is 0.389 e. The van der Waals surface area contributed by atoms with E-state index in [-0.39, 0.29) is 6.10 Å². The maximum Gasteiger partial charge on any atom is 0.0712 e. The third kappa shape index (κ3) is 2.72. The summed E-state index contributed by atoms with van der Waals surface area (Å²) in [6.07, 6.45) is 4.63. The van der Waals surface area contributed by atoms with Gasteiger partial charge >= 0.3 is 0 Å². The molecule has 0 radical (unpaired) electrons. The molecule has 0 aliphatic heterocycles. The zero-order valence-electron chi connectivity index (χ0n) is 12.0. The molecular weight excluding hydrogens is 248 g/mol. The average Bonchev–Trinajstić information content (AvgIpc) is 2.47. The average molecular weight is 270 g/mol. The van der Waals surface area contributed by atoms with Crippen LogP contribution in [0.3, 0.4) is 0 Å². The van der Waals surface area contributed by atoms with Crippen LogP contribution in [-0.4, -0.2) is 23.9 Å². The van der Waals surface area contributed by atoms with Crippen LogP contribution in [0.4, 0.5) is 0 Å². The highest BCUT2D eigenvalue weighted by Gasteiger charge is 2.34. The first-order valence-electron chi connectivity index (χ1n) is 7.42. The molecule has 1 aliphatic rings. The van der Waals surface area contributed by atoms with Crippen LogP contribution >= 0.6 is 0 Å². The van der Waals surface area contributed by atoms with Crippen LogP contribution in [-0.2, 0) is 11.2 Å². The van der Waals surface area contributed by atoms with Crippen LogP contribution in [0.25, 0.3) is 10.8 Å². The maximum atomic E-state index is 10.9. The standard InChI is InChI=1S/C18H22O2/c1-20-16-9-5-11-18(19,13-16)12-15-8-4-7-14-6-2-3-10-17(14)15/h2-4,6-8,10,16,19H,5,9,11-13H2,1H3. The van der Waals surface area contributed by atoms with Crippen LogP contribution in [0.5, 0.6) is 0 Å². The van der Waals surface area contributed by atoms with Gasteiger partial charge in [0.05, 0.1) is 11.7 Å². The highest BCUT2D eigenvalue weighted by Crippen LogP contribution is 2.34. The predicted octanol–water partition coefficient (Wildman–Crippen LogP) is 3.70. The van der Waals surface area contributed by atoms with Crippen molar-refractivity contribution in [3.63, 3.8) is 0 Å². The molecule has 2 nitrogen and oxygen atoms in total. The van der Waals surface area contributed by atoms with Gasteiger partial charge in [-0.2, -0.15) is 0 Å². The second kappa shape index (κ2) is 5.55. The molecule has 2 aromatic rings. The van der Waals surface area contributed by atoms with Gasteiger partial charge in [0.15, 0.2) is 0 Å². The zero-order chi connectivity index (χ0) is 14.0. The Kier molecular flexibility index (Phi) is 3.77. The topological polar surface area (TPSA) is 29.5 Å². The molecule has 0 bridgehead atoms. The summed E-state index contributed by atoms with van der Waals surface area (Å²) in [7, 11) is 1.74. The Balaban J connectivity index is 1.89. The van der Waals surface area contributed by atoms with Crippen molar-refractivity contribution in [2.45, 2.75) is 43.8 Å². The molecule has 1 N–H and O–H groups in total. The molecule has 2 unspecified atom stereocenters. The predicted molar refractivity (Wildman–Crippen MR) is 81.9 cm³/mol. The number of fused-ring (bicyclic) bond motifs is 1. The fourth-order valence-electron chi connectivity index (χ4n) is 3.45. The number of aliphatic hydroxyl groups is 1. The Hall–Kier alpha value is -1.38. The molecular formula is C18H22O2. The summed E-state index contributed by atoms with van der Waals surface area (Å²) in [6.45, 7) is 0. The Morgan fingerprint density at radius 2 is 2.00 bits per heavy atom. The van der Waals surface area contributed by atoms with Gasteiger partial charge in [-0.25, -0.2) is 0 Å². The molecule has 1 saturated carbocycles. The molecule has 106 valence electrons. The first-order chi connectivity index (χ1) is 9.70. The van der Waals surface area contributed by atoms with Crippen molar-refractivity contribution in [3.8, 4) is 0 Å². The lowest BCUT2D eigenvalue weighted by atomic mass is 9.78. The van der Waals surface area contributed by atoms with Crippen LogP contribution in [0.15, 0.2) is 42.5 Å². The van der Waals surface area contributed by atoms with Crippen LogP contribution in [0.2, 0.25) is 0 Å². The third-order valence-electron chi connectivity index (χ3n) is 4.51. The highest BCUT2D eigenvalue weighted by molar-refractivity contribution is 5.85. The van der Waals surface area contributed by atoms with Crippen molar-refractivity contribution in [3.05, 3.63) is 48.0 Å². The van der Waals surface area contributed by atoms with Gasteiger partial charge in [0.25, 0.3) is 0 Å². The molecule has 0 spiro atoms. The number of ether oxygens (including phenoxy) is 1. The van der Waals surface area contributed by atoms with E-state index in [4.69, 9.17) is 4.74 Å². The number of benzene rings is 2. The monoisotopic (exact) mass is 270 g/mol. The second-order valence-electron chi connectivity index (χ2n) is 5.99. The molecule has 2 atom stereocenters. The summed E-state index contributed by atoms with van der Waals surface area (Å²) in [5.74, 6) is 0. The molecule has 2 aromatic carbocycles. The van der Waals surface area contributed by atoms with Gasteiger partial charge in [-0.3, -0.25) is 0 Å². The van der Waals surface area contributed by atoms with E-state index in [0.29, 0.717) is 6.42 Å². The van der Waals surface area contributed by atoms with Crippen molar-refractivity contribution in [2.75, 3.05) is 7.11 Å². The number of hydrogen-bond acceptors (Lipinski definition) is 2. The zero-order valence-corrected chi connectivity index (χ0v) is 12.0. The Morgan fingerprint density at radius 3 is 2.85 bits per heavy atom. The van der Waals surface area contributed by atoms with Crippen molar-refractivity contribution >= 4 is 10.8 Å². The highest BCUT2D eigenvalue weighted by atomic mass is 16.5. The van der Waals surface area contributed by atoms with Crippen LogP contribution in [0.1, 0.15) is 31.2 Å². The third-order valence-corrected chi connectivity index (χ3v) is 4.51. The van der Waals surface area contributed by atoms with Gasteiger partial charge in [0, 0.05) is 20.0 Å². The van der Waals surface area contributed by atoms with E-state index in [0.717, 1.165) is 25.7 Å². The summed E-state index contributed by atoms with van der Waals surface area (Å²) < 4.78 is 5.45. The van der Waals surface area contributed by atoms with Crippen molar-refractivity contribution in [2.24, 2.45) is 0 Å². The SMILES string of the molecule is COC1CCCC(O)(Cc2cccc3ccccc23)C1. The summed E-state index contributed by atoms with van der Waals surface area (Å²) in [6, 6.07) is 14.7. The van der Waals surface area contributed by atoms with E-state index in [1.165, 1.54) is 16.3 Å². The minimum Gasteiger partial charge on any atom is -0.389 e. The first kappa shape index (κ1) is 13.6. The van der Waals surface area contributed by atoms with E-state index in [2.05, 4.69) is 42.5 Å². The van der Waals surface area contributed by atoms with E-state index in [1.807, 2.05) is 0 Å². The molecule has 0 aromatic heterocycles. The van der Waals surface area contributed by atoms with Gasteiger partial charge in [0.2, 0.25) is 0 Å². The van der Waals surface area contributed by atoms with Crippen molar-refractivity contribution in [1.82, 2.24) is 0 Å². The first-order valence-corrected chi connectivity index (χ1v) is 7.42. The van der Waals surface area contributed by atoms with E-state index in [1.54, 1.807) is 7.11 Å². The summed E-state index contributed by atoms with van der Waals surface area (Å²) in [5.41, 5.74) is 0.616. The quantitative estimate of drug-likeness (QED) is 0.921. The molecule has 1 aliphatic carbocycles.